The van der Waals surface area contributed by atoms with Crippen molar-refractivity contribution >= 4 is 49.5 Å². The maximum absolute atomic E-state index is 11.0. The molecule has 0 atom stereocenters. The number of anilines is 1. The fraction of sp³-hybridized carbons (Fsp3) is 0. The minimum absolute atomic E-state index is 0. The fourth-order valence-corrected chi connectivity index (χ4v) is 2.89. The Morgan fingerprint density at radius 2 is 1.55 bits per heavy atom. The van der Waals surface area contributed by atoms with Crippen LogP contribution in [0.1, 0.15) is 0 Å². The van der Waals surface area contributed by atoms with Gasteiger partial charge in [0.15, 0.2) is 0 Å². The molecule has 0 saturated heterocycles. The Kier molecular flexibility index (Phi) is 6.01. The molecule has 1 aromatic rings. The Hall–Kier alpha value is -0.860. The van der Waals surface area contributed by atoms with Gasteiger partial charge in [0.2, 0.25) is 0 Å². The Labute approximate surface area is 123 Å². The average molecular weight is 371 g/mol. The first-order valence-corrected chi connectivity index (χ1v) is 7.71. The van der Waals surface area contributed by atoms with E-state index in [1.54, 1.807) is 0 Å². The van der Waals surface area contributed by atoms with Crippen LogP contribution in [0.25, 0.3) is 0 Å². The maximum atomic E-state index is 11.0. The Balaban J connectivity index is 0.00000361. The summed E-state index contributed by atoms with van der Waals surface area (Å²) >= 11 is 11.1. The van der Waals surface area contributed by atoms with Crippen molar-refractivity contribution in [2.45, 2.75) is 0 Å². The number of aromatic hydroxyl groups is 1. The largest absolute Gasteiger partial charge is 0.506 e. The summed E-state index contributed by atoms with van der Waals surface area (Å²) in [4.78, 5) is 1.08. The summed E-state index contributed by atoms with van der Waals surface area (Å²) in [5, 5.41) is 8.64. The number of phenolic OH excluding ortho intramolecular Hbond substituents is 1. The molecule has 0 bridgehead atoms. The number of phenols is 1. The number of rotatable bonds is 4. The van der Waals surface area contributed by atoms with Crippen LogP contribution >= 0.6 is 23.2 Å². The molecule has 0 spiro atoms. The van der Waals surface area contributed by atoms with Gasteiger partial charge in [-0.3, -0.25) is 9.11 Å². The monoisotopic (exact) mass is 370 g/mol. The van der Waals surface area contributed by atoms with Gasteiger partial charge in [0.05, 0.1) is 15.7 Å². The highest BCUT2D eigenvalue weighted by Gasteiger charge is 2.27. The number of nitrogens with one attached hydrogen (secondary N) is 1. The van der Waals surface area contributed by atoms with Crippen LogP contribution in [0.2, 0.25) is 10.0 Å². The molecule has 1 aromatic carbocycles. The van der Waals surface area contributed by atoms with E-state index in [1.807, 2.05) is 0 Å². The van der Waals surface area contributed by atoms with E-state index >= 15 is 0 Å². The minimum atomic E-state index is -5.16. The molecule has 14 heteroatoms. The topological polar surface area (TPSA) is 176 Å². The molecule has 0 unspecified atom stereocenters. The van der Waals surface area contributed by atoms with Gasteiger partial charge in [0, 0.05) is 6.07 Å². The molecule has 0 amide bonds. The van der Waals surface area contributed by atoms with Crippen molar-refractivity contribution in [2.75, 3.05) is 4.41 Å². The van der Waals surface area contributed by atoms with E-state index in [4.69, 9.17) is 32.3 Å². The Morgan fingerprint density at radius 1 is 1.05 bits per heavy atom. The molecule has 0 aliphatic rings. The summed E-state index contributed by atoms with van der Waals surface area (Å²) in [5.41, 5.74) is -0.677. The van der Waals surface area contributed by atoms with E-state index in [9.17, 15) is 21.9 Å². The van der Waals surface area contributed by atoms with E-state index in [0.717, 1.165) is 10.9 Å². The van der Waals surface area contributed by atoms with Gasteiger partial charge >= 0.3 is 20.6 Å². The van der Waals surface area contributed by atoms with Gasteiger partial charge in [-0.1, -0.05) is 28.0 Å². The maximum Gasteiger partial charge on any atom is 0.374 e. The fourth-order valence-electron chi connectivity index (χ4n) is 1.01. The predicted molar refractivity (Wildman–Crippen MR) is 70.5 cm³/mol. The highest BCUT2D eigenvalue weighted by atomic mass is 35.5. The lowest BCUT2D eigenvalue weighted by atomic mass is 10.3. The highest BCUT2D eigenvalue weighted by molar-refractivity contribution is 7.89. The van der Waals surface area contributed by atoms with E-state index in [1.165, 1.54) is 0 Å². The minimum Gasteiger partial charge on any atom is -0.506 e. The summed E-state index contributed by atoms with van der Waals surface area (Å²) < 4.78 is 60.3. The van der Waals surface area contributed by atoms with Crippen molar-refractivity contribution < 1.29 is 36.5 Å². The number of halogens is 2. The van der Waals surface area contributed by atoms with Crippen LogP contribution in [0.4, 0.5) is 5.69 Å². The molecule has 0 aromatic heterocycles. The van der Waals surface area contributed by atoms with E-state index < -0.39 is 37.1 Å². The molecule has 20 heavy (non-hydrogen) atoms. The van der Waals surface area contributed by atoms with Crippen LogP contribution in [0.3, 0.4) is 0 Å². The molecule has 0 aliphatic heterocycles. The molecule has 1 rings (SSSR count). The van der Waals surface area contributed by atoms with Crippen molar-refractivity contribution in [3.63, 3.8) is 0 Å². The van der Waals surface area contributed by atoms with Gasteiger partial charge in [-0.25, -0.2) is 0 Å². The predicted octanol–water partition coefficient (Wildman–Crippen LogP) is -0.209. The molecular formula is C6H8Cl2N2O8S2. The molecule has 10 nitrogen and oxygen atoms in total. The van der Waals surface area contributed by atoms with Gasteiger partial charge in [-0.15, -0.1) is 0 Å². The van der Waals surface area contributed by atoms with Crippen LogP contribution in [0, 0.1) is 0 Å². The van der Waals surface area contributed by atoms with Crippen LogP contribution < -0.4 is 9.25 Å². The first kappa shape index (κ1) is 19.1. The third kappa shape index (κ3) is 4.92. The molecule has 6 N–H and O–H groups in total. The van der Waals surface area contributed by atoms with Gasteiger partial charge in [0.25, 0.3) is 0 Å². The number of hydrogen-bond donors (Lipinski definition) is 4. The zero-order chi connectivity index (χ0) is 15.0. The average Bonchev–Trinajstić information content (AvgIpc) is 2.17. The van der Waals surface area contributed by atoms with Crippen LogP contribution in [0.5, 0.6) is 5.75 Å². The van der Waals surface area contributed by atoms with E-state index in [-0.39, 0.29) is 14.9 Å². The Morgan fingerprint density at radius 3 is 1.95 bits per heavy atom. The standard InChI is InChI=1S/C6H6Cl2N2O7S2.H2O/c7-3-1-4(8)6(11)2-5(3)10(19(15,16)17)9-18(12,13)14;/h1-2,9,11H,(H,12,13,14)(H,15,16,17);1H2. The lowest BCUT2D eigenvalue weighted by Crippen LogP contribution is -2.45. The van der Waals surface area contributed by atoms with Crippen molar-refractivity contribution in [1.82, 2.24) is 4.83 Å². The number of benzene rings is 1. The molecule has 116 valence electrons. The van der Waals surface area contributed by atoms with E-state index in [2.05, 4.69) is 0 Å². The first-order valence-electron chi connectivity index (χ1n) is 4.12. The van der Waals surface area contributed by atoms with Gasteiger partial charge in [0.1, 0.15) is 5.75 Å². The van der Waals surface area contributed by atoms with E-state index in [0.29, 0.717) is 6.07 Å². The quantitative estimate of drug-likeness (QED) is 0.418. The Bertz CT molecular complexity index is 704. The van der Waals surface area contributed by atoms with Crippen LogP contribution in [-0.4, -0.2) is 36.5 Å². The second-order valence-corrected chi connectivity index (χ2v) is 6.27. The smallest absolute Gasteiger partial charge is 0.374 e. The SMILES string of the molecule is O.O=S(=O)(O)NN(c1cc(O)c(Cl)cc1Cl)S(=O)(=O)O. The normalized spacial score (nSPS) is 11.8. The summed E-state index contributed by atoms with van der Waals surface area (Å²) in [5.74, 6) is -0.633. The second kappa shape index (κ2) is 6.28. The molecule has 0 heterocycles. The summed E-state index contributed by atoms with van der Waals surface area (Å²) in [7, 11) is -10.2. The zero-order valence-electron chi connectivity index (χ0n) is 9.15. The summed E-state index contributed by atoms with van der Waals surface area (Å²) in [6.45, 7) is 0. The molecular weight excluding hydrogens is 363 g/mol. The number of hydrogen-bond acceptors (Lipinski definition) is 5. The third-order valence-electron chi connectivity index (χ3n) is 1.66. The first-order chi connectivity index (χ1) is 8.42. The van der Waals surface area contributed by atoms with Crippen molar-refractivity contribution in [3.05, 3.63) is 22.2 Å². The van der Waals surface area contributed by atoms with Gasteiger partial charge < -0.3 is 10.6 Å². The highest BCUT2D eigenvalue weighted by Crippen LogP contribution is 2.35. The third-order valence-corrected chi connectivity index (χ3v) is 3.55. The lowest BCUT2D eigenvalue weighted by molar-refractivity contribution is 0.451. The van der Waals surface area contributed by atoms with Crippen LogP contribution in [-0.2, 0) is 20.6 Å². The van der Waals surface area contributed by atoms with Crippen LogP contribution in [0.15, 0.2) is 12.1 Å². The summed E-state index contributed by atoms with van der Waals surface area (Å²) in [6.07, 6.45) is 0. The second-order valence-electron chi connectivity index (χ2n) is 3.06. The molecule has 0 radical (unpaired) electrons. The number of hydrazine groups is 1. The molecule has 0 fully saturated rings. The van der Waals surface area contributed by atoms with Gasteiger partial charge in [-0.2, -0.15) is 21.2 Å². The summed E-state index contributed by atoms with van der Waals surface area (Å²) in [6, 6.07) is 1.56. The zero-order valence-corrected chi connectivity index (χ0v) is 12.3. The van der Waals surface area contributed by atoms with Crippen molar-refractivity contribution in [3.8, 4) is 5.75 Å². The molecule has 0 saturated carbocycles. The van der Waals surface area contributed by atoms with Crippen molar-refractivity contribution in [1.29, 1.82) is 0 Å². The molecule has 0 aliphatic carbocycles. The number of nitrogens with zero attached hydrogens (tertiary/aromatic N) is 1. The van der Waals surface area contributed by atoms with Crippen molar-refractivity contribution in [2.24, 2.45) is 0 Å². The van der Waals surface area contributed by atoms with Gasteiger partial charge in [-0.05, 0) is 6.07 Å². The lowest BCUT2D eigenvalue weighted by Gasteiger charge is -2.20.